The lowest BCUT2D eigenvalue weighted by Crippen LogP contribution is -2.39. The van der Waals surface area contributed by atoms with Crippen LogP contribution in [0.3, 0.4) is 0 Å². The zero-order valence-corrected chi connectivity index (χ0v) is 12.1. The Bertz CT molecular complexity index is 338. The number of nitrogens with one attached hydrogen (secondary N) is 2. The molecule has 4 heteroatoms. The highest BCUT2D eigenvalue weighted by Gasteiger charge is 1.96. The number of hydrogen-bond donors (Lipinski definition) is 2. The predicted molar refractivity (Wildman–Crippen MR) is 81.9 cm³/mol. The SMILES string of the molecule is CN(C)CCNC(=S)NCCCc1ccccc1. The van der Waals surface area contributed by atoms with Gasteiger partial charge in [-0.15, -0.1) is 0 Å². The first kappa shape index (κ1) is 14.9. The van der Waals surface area contributed by atoms with Crippen molar-refractivity contribution >= 4 is 17.3 Å². The van der Waals surface area contributed by atoms with Crippen molar-refractivity contribution in [1.29, 1.82) is 0 Å². The van der Waals surface area contributed by atoms with E-state index < -0.39 is 0 Å². The van der Waals surface area contributed by atoms with E-state index in [1.807, 2.05) is 6.07 Å². The van der Waals surface area contributed by atoms with Crippen LogP contribution in [-0.4, -0.2) is 43.7 Å². The van der Waals surface area contributed by atoms with Crippen LogP contribution in [0.1, 0.15) is 12.0 Å². The van der Waals surface area contributed by atoms with Crippen molar-refractivity contribution in [3.05, 3.63) is 35.9 Å². The maximum Gasteiger partial charge on any atom is 0.166 e. The lowest BCUT2D eigenvalue weighted by atomic mass is 10.1. The van der Waals surface area contributed by atoms with Crippen LogP contribution in [0.5, 0.6) is 0 Å². The molecule has 0 spiro atoms. The highest BCUT2D eigenvalue weighted by atomic mass is 32.1. The molecule has 100 valence electrons. The van der Waals surface area contributed by atoms with Crippen molar-refractivity contribution in [2.24, 2.45) is 0 Å². The molecule has 0 aliphatic carbocycles. The van der Waals surface area contributed by atoms with Crippen LogP contribution >= 0.6 is 12.2 Å². The van der Waals surface area contributed by atoms with E-state index in [-0.39, 0.29) is 0 Å². The monoisotopic (exact) mass is 265 g/mol. The van der Waals surface area contributed by atoms with Gasteiger partial charge in [-0.2, -0.15) is 0 Å². The highest BCUT2D eigenvalue weighted by molar-refractivity contribution is 7.80. The lowest BCUT2D eigenvalue weighted by Gasteiger charge is -2.13. The summed E-state index contributed by atoms with van der Waals surface area (Å²) in [5, 5.41) is 7.17. The molecular formula is C14H23N3S. The summed E-state index contributed by atoms with van der Waals surface area (Å²) in [6.45, 7) is 2.80. The van der Waals surface area contributed by atoms with Gasteiger partial charge in [0.05, 0.1) is 0 Å². The Morgan fingerprint density at radius 3 is 2.44 bits per heavy atom. The molecule has 18 heavy (non-hydrogen) atoms. The summed E-state index contributed by atoms with van der Waals surface area (Å²) in [6.07, 6.45) is 2.19. The van der Waals surface area contributed by atoms with Crippen molar-refractivity contribution in [3.63, 3.8) is 0 Å². The number of thiocarbonyl (C=S) groups is 1. The van der Waals surface area contributed by atoms with Gasteiger partial charge in [-0.25, -0.2) is 0 Å². The zero-order chi connectivity index (χ0) is 13.2. The molecule has 0 unspecified atom stereocenters. The molecule has 0 saturated heterocycles. The van der Waals surface area contributed by atoms with E-state index in [2.05, 4.69) is 53.9 Å². The summed E-state index contributed by atoms with van der Waals surface area (Å²) in [4.78, 5) is 2.13. The molecular weight excluding hydrogens is 242 g/mol. The molecule has 0 aliphatic heterocycles. The molecule has 0 aromatic heterocycles. The van der Waals surface area contributed by atoms with Gasteiger partial charge in [0, 0.05) is 19.6 Å². The number of aryl methyl sites for hydroxylation is 1. The Labute approximate surface area is 116 Å². The van der Waals surface area contributed by atoms with Gasteiger partial charge in [-0.3, -0.25) is 0 Å². The van der Waals surface area contributed by atoms with Crippen molar-refractivity contribution in [2.45, 2.75) is 12.8 Å². The van der Waals surface area contributed by atoms with Crippen LogP contribution in [0.25, 0.3) is 0 Å². The molecule has 3 nitrogen and oxygen atoms in total. The zero-order valence-electron chi connectivity index (χ0n) is 11.3. The van der Waals surface area contributed by atoms with Crippen molar-refractivity contribution < 1.29 is 0 Å². The van der Waals surface area contributed by atoms with Crippen LogP contribution in [0.15, 0.2) is 30.3 Å². The van der Waals surface area contributed by atoms with Crippen molar-refractivity contribution in [2.75, 3.05) is 33.7 Å². The minimum Gasteiger partial charge on any atom is -0.363 e. The molecule has 0 bridgehead atoms. The van der Waals surface area contributed by atoms with Gasteiger partial charge in [0.15, 0.2) is 5.11 Å². The summed E-state index contributed by atoms with van der Waals surface area (Å²) in [6, 6.07) is 10.5. The largest absolute Gasteiger partial charge is 0.363 e. The number of benzene rings is 1. The highest BCUT2D eigenvalue weighted by Crippen LogP contribution is 2.01. The first-order valence-electron chi connectivity index (χ1n) is 6.39. The van der Waals surface area contributed by atoms with Crippen LogP contribution in [0.2, 0.25) is 0 Å². The Kier molecular flexibility index (Phi) is 7.37. The molecule has 0 fully saturated rings. The van der Waals surface area contributed by atoms with Gasteiger partial charge in [0.1, 0.15) is 0 Å². The standard InChI is InChI=1S/C14H23N3S/c1-17(2)12-11-16-14(18)15-10-6-9-13-7-4-3-5-8-13/h3-5,7-8H,6,9-12H2,1-2H3,(H2,15,16,18). The summed E-state index contributed by atoms with van der Waals surface area (Å²) in [5.41, 5.74) is 1.38. The van der Waals surface area contributed by atoms with Gasteiger partial charge in [0.25, 0.3) is 0 Å². The van der Waals surface area contributed by atoms with Gasteiger partial charge in [0.2, 0.25) is 0 Å². The Morgan fingerprint density at radius 2 is 1.78 bits per heavy atom. The van der Waals surface area contributed by atoms with E-state index in [1.165, 1.54) is 5.56 Å². The smallest absolute Gasteiger partial charge is 0.166 e. The molecule has 1 aromatic carbocycles. The van der Waals surface area contributed by atoms with E-state index in [0.717, 1.165) is 37.6 Å². The average molecular weight is 265 g/mol. The van der Waals surface area contributed by atoms with E-state index in [1.54, 1.807) is 0 Å². The predicted octanol–water partition coefficient (Wildman–Crippen LogP) is 1.64. The number of hydrogen-bond acceptors (Lipinski definition) is 2. The fourth-order valence-electron chi connectivity index (χ4n) is 1.59. The van der Waals surface area contributed by atoms with Gasteiger partial charge >= 0.3 is 0 Å². The third-order valence-corrected chi connectivity index (χ3v) is 2.90. The minimum atomic E-state index is 0.755. The summed E-state index contributed by atoms with van der Waals surface area (Å²) < 4.78 is 0. The van der Waals surface area contributed by atoms with Gasteiger partial charge in [-0.05, 0) is 44.7 Å². The third-order valence-electron chi connectivity index (χ3n) is 2.62. The minimum absolute atomic E-state index is 0.755. The fraction of sp³-hybridized carbons (Fsp3) is 0.500. The van der Waals surface area contributed by atoms with Crippen LogP contribution in [0, 0.1) is 0 Å². The van der Waals surface area contributed by atoms with E-state index in [9.17, 15) is 0 Å². The van der Waals surface area contributed by atoms with Crippen molar-refractivity contribution in [1.82, 2.24) is 15.5 Å². The molecule has 2 N–H and O–H groups in total. The molecule has 0 saturated carbocycles. The molecule has 0 radical (unpaired) electrons. The summed E-state index contributed by atoms with van der Waals surface area (Å²) >= 11 is 5.20. The summed E-state index contributed by atoms with van der Waals surface area (Å²) in [5.74, 6) is 0. The quantitative estimate of drug-likeness (QED) is 0.579. The Morgan fingerprint density at radius 1 is 1.11 bits per heavy atom. The second-order valence-electron chi connectivity index (χ2n) is 4.58. The molecule has 0 amide bonds. The van der Waals surface area contributed by atoms with Crippen LogP contribution in [0.4, 0.5) is 0 Å². The lowest BCUT2D eigenvalue weighted by molar-refractivity contribution is 0.412. The topological polar surface area (TPSA) is 27.3 Å². The van der Waals surface area contributed by atoms with E-state index in [0.29, 0.717) is 0 Å². The maximum atomic E-state index is 5.20. The molecule has 0 atom stereocenters. The maximum absolute atomic E-state index is 5.20. The third kappa shape index (κ3) is 7.25. The van der Waals surface area contributed by atoms with Gasteiger partial charge in [-0.1, -0.05) is 30.3 Å². The van der Waals surface area contributed by atoms with E-state index >= 15 is 0 Å². The Hall–Kier alpha value is -1.13. The first-order valence-corrected chi connectivity index (χ1v) is 6.79. The molecule has 1 rings (SSSR count). The molecule has 0 aliphatic rings. The average Bonchev–Trinajstić information content (AvgIpc) is 2.35. The number of rotatable bonds is 7. The normalized spacial score (nSPS) is 10.4. The molecule has 1 aromatic rings. The van der Waals surface area contributed by atoms with Gasteiger partial charge < -0.3 is 15.5 Å². The van der Waals surface area contributed by atoms with Crippen LogP contribution in [-0.2, 0) is 6.42 Å². The van der Waals surface area contributed by atoms with Crippen molar-refractivity contribution in [3.8, 4) is 0 Å². The fourth-order valence-corrected chi connectivity index (χ4v) is 1.80. The van der Waals surface area contributed by atoms with E-state index in [4.69, 9.17) is 12.2 Å². The molecule has 0 heterocycles. The number of nitrogens with zero attached hydrogens (tertiary/aromatic N) is 1. The second-order valence-corrected chi connectivity index (χ2v) is 4.98. The first-order chi connectivity index (χ1) is 8.68. The Balaban J connectivity index is 2.02. The number of likely N-dealkylation sites (N-methyl/N-ethyl adjacent to an activating group) is 1. The summed E-state index contributed by atoms with van der Waals surface area (Å²) in [7, 11) is 4.11. The second kappa shape index (κ2) is 8.89. The van der Waals surface area contributed by atoms with Crippen LogP contribution < -0.4 is 10.6 Å².